The van der Waals surface area contributed by atoms with Crippen molar-refractivity contribution in [3.05, 3.63) is 60.5 Å². The summed E-state index contributed by atoms with van der Waals surface area (Å²) in [6, 6.07) is 15.5. The van der Waals surface area contributed by atoms with Crippen LogP contribution in [-0.4, -0.2) is 9.97 Å². The van der Waals surface area contributed by atoms with E-state index in [0.29, 0.717) is 23.4 Å². The second kappa shape index (κ2) is 5.31. The van der Waals surface area contributed by atoms with Crippen LogP contribution in [0.25, 0.3) is 34.0 Å². The fourth-order valence-electron chi connectivity index (χ4n) is 2.27. The van der Waals surface area contributed by atoms with E-state index < -0.39 is 0 Å². The number of alkyl halides is 1. The lowest BCUT2D eigenvalue weighted by Gasteiger charge is -1.93. The number of hydrogen-bond donors (Lipinski definition) is 0. The number of aromatic nitrogens is 2. The molecule has 0 aliphatic heterocycles. The highest BCUT2D eigenvalue weighted by Crippen LogP contribution is 2.28. The molecule has 2 aromatic heterocycles. The molecule has 0 saturated carbocycles. The van der Waals surface area contributed by atoms with Crippen LogP contribution in [0, 0.1) is 0 Å². The van der Waals surface area contributed by atoms with Gasteiger partial charge in [0.2, 0.25) is 11.8 Å². The molecule has 2 heterocycles. The zero-order chi connectivity index (χ0) is 14.9. The lowest BCUT2D eigenvalue weighted by atomic mass is 10.2. The Labute approximate surface area is 131 Å². The molecule has 108 valence electrons. The molecule has 0 N–H and O–H groups in total. The summed E-state index contributed by atoms with van der Waals surface area (Å²) in [6.07, 6.45) is 1.56. The van der Waals surface area contributed by atoms with Crippen molar-refractivity contribution in [1.82, 2.24) is 9.97 Å². The monoisotopic (exact) mass is 310 g/mol. The minimum absolute atomic E-state index is 0.327. The van der Waals surface area contributed by atoms with Gasteiger partial charge in [-0.15, -0.1) is 11.6 Å². The molecule has 4 aromatic rings. The number of nitrogens with zero attached hydrogens (tertiary/aromatic N) is 2. The van der Waals surface area contributed by atoms with Gasteiger partial charge in [0.05, 0.1) is 11.6 Å². The average Bonchev–Trinajstić information content (AvgIpc) is 3.21. The quantitative estimate of drug-likeness (QED) is 0.506. The second-order valence-corrected chi connectivity index (χ2v) is 5.11. The van der Waals surface area contributed by atoms with Gasteiger partial charge in [0.1, 0.15) is 11.8 Å². The van der Waals surface area contributed by atoms with Gasteiger partial charge >= 0.3 is 0 Å². The van der Waals surface area contributed by atoms with E-state index in [9.17, 15) is 0 Å². The Kier molecular flexibility index (Phi) is 3.16. The van der Waals surface area contributed by atoms with Crippen LogP contribution in [0.1, 0.15) is 5.69 Å². The predicted molar refractivity (Wildman–Crippen MR) is 84.5 cm³/mol. The fraction of sp³-hybridized carbons (Fsp3) is 0.0588. The molecule has 0 radical (unpaired) electrons. The summed E-state index contributed by atoms with van der Waals surface area (Å²) in [6.45, 7) is 0. The van der Waals surface area contributed by atoms with Crippen molar-refractivity contribution in [2.75, 3.05) is 0 Å². The van der Waals surface area contributed by atoms with Crippen LogP contribution in [0.4, 0.5) is 0 Å². The van der Waals surface area contributed by atoms with Gasteiger partial charge in [0.15, 0.2) is 5.58 Å². The third kappa shape index (κ3) is 2.27. The summed E-state index contributed by atoms with van der Waals surface area (Å²) in [5.74, 6) is 1.46. The highest BCUT2D eigenvalue weighted by molar-refractivity contribution is 6.16. The molecule has 5 heteroatoms. The van der Waals surface area contributed by atoms with Crippen molar-refractivity contribution in [2.45, 2.75) is 5.88 Å². The summed E-state index contributed by atoms with van der Waals surface area (Å²) in [5, 5.41) is 0. The van der Waals surface area contributed by atoms with Crippen LogP contribution in [0.2, 0.25) is 0 Å². The maximum absolute atomic E-state index is 5.79. The molecule has 0 atom stereocenters. The molecule has 0 spiro atoms. The van der Waals surface area contributed by atoms with Gasteiger partial charge in [-0.3, -0.25) is 0 Å². The van der Waals surface area contributed by atoms with E-state index in [1.165, 1.54) is 0 Å². The first-order chi connectivity index (χ1) is 10.8. The normalized spacial score (nSPS) is 11.1. The molecule has 4 nitrogen and oxygen atoms in total. The summed E-state index contributed by atoms with van der Waals surface area (Å²) in [7, 11) is 0. The lowest BCUT2D eigenvalue weighted by Crippen LogP contribution is -1.80. The molecule has 0 aliphatic carbocycles. The summed E-state index contributed by atoms with van der Waals surface area (Å²) < 4.78 is 11.2. The maximum atomic E-state index is 5.79. The predicted octanol–water partition coefficient (Wildman–Crippen LogP) is 4.89. The molecular weight excluding hydrogens is 300 g/mol. The summed E-state index contributed by atoms with van der Waals surface area (Å²) in [5.41, 5.74) is 3.99. The number of rotatable bonds is 3. The van der Waals surface area contributed by atoms with E-state index >= 15 is 0 Å². The number of hydrogen-bond acceptors (Lipinski definition) is 4. The van der Waals surface area contributed by atoms with Gasteiger partial charge in [0, 0.05) is 11.1 Å². The molecule has 0 fully saturated rings. The Hall–Kier alpha value is -2.59. The number of fused-ring (bicyclic) bond motifs is 1. The molecular formula is C17H11ClN2O2. The first kappa shape index (κ1) is 13.1. The van der Waals surface area contributed by atoms with Crippen LogP contribution in [0.5, 0.6) is 0 Å². The highest BCUT2D eigenvalue weighted by atomic mass is 35.5. The van der Waals surface area contributed by atoms with E-state index in [4.69, 9.17) is 20.4 Å². The van der Waals surface area contributed by atoms with Gasteiger partial charge in [-0.25, -0.2) is 9.97 Å². The topological polar surface area (TPSA) is 52.1 Å². The van der Waals surface area contributed by atoms with Crippen LogP contribution in [0.15, 0.2) is 63.6 Å². The smallest absolute Gasteiger partial charge is 0.227 e. The van der Waals surface area contributed by atoms with Crippen LogP contribution < -0.4 is 0 Å². The standard InChI is InChI=1S/C17H11ClN2O2/c18-9-13-10-21-16(19-13)12-6-7-15-14(8-12)20-17(22-15)11-4-2-1-3-5-11/h1-8,10H,9H2. The fourth-order valence-corrected chi connectivity index (χ4v) is 2.39. The van der Waals surface area contributed by atoms with Crippen molar-refractivity contribution < 1.29 is 8.83 Å². The van der Waals surface area contributed by atoms with E-state index in [1.54, 1.807) is 6.26 Å². The molecule has 0 amide bonds. The zero-order valence-corrected chi connectivity index (χ0v) is 12.2. The van der Waals surface area contributed by atoms with E-state index in [2.05, 4.69) is 9.97 Å². The van der Waals surface area contributed by atoms with Gasteiger partial charge < -0.3 is 8.83 Å². The number of halogens is 1. The van der Waals surface area contributed by atoms with Crippen LogP contribution >= 0.6 is 11.6 Å². The molecule has 0 unspecified atom stereocenters. The van der Waals surface area contributed by atoms with Gasteiger partial charge in [-0.1, -0.05) is 18.2 Å². The van der Waals surface area contributed by atoms with Crippen LogP contribution in [-0.2, 0) is 5.88 Å². The van der Waals surface area contributed by atoms with Gasteiger partial charge in [-0.2, -0.15) is 0 Å². The third-order valence-electron chi connectivity index (χ3n) is 3.34. The molecule has 2 aromatic carbocycles. The minimum atomic E-state index is 0.327. The molecule has 22 heavy (non-hydrogen) atoms. The summed E-state index contributed by atoms with van der Waals surface area (Å²) >= 11 is 5.74. The van der Waals surface area contributed by atoms with Gasteiger partial charge in [-0.05, 0) is 30.3 Å². The largest absolute Gasteiger partial charge is 0.444 e. The molecule has 0 saturated heterocycles. The zero-order valence-electron chi connectivity index (χ0n) is 11.5. The Morgan fingerprint density at radius 1 is 0.909 bits per heavy atom. The van der Waals surface area contributed by atoms with Gasteiger partial charge in [0.25, 0.3) is 0 Å². The Morgan fingerprint density at radius 3 is 2.55 bits per heavy atom. The van der Waals surface area contributed by atoms with Crippen molar-refractivity contribution in [3.63, 3.8) is 0 Å². The first-order valence-corrected chi connectivity index (χ1v) is 7.34. The Balaban J connectivity index is 1.78. The van der Waals surface area contributed by atoms with E-state index in [0.717, 1.165) is 22.2 Å². The van der Waals surface area contributed by atoms with E-state index in [-0.39, 0.29) is 0 Å². The highest BCUT2D eigenvalue weighted by Gasteiger charge is 2.11. The number of oxazole rings is 2. The third-order valence-corrected chi connectivity index (χ3v) is 3.62. The van der Waals surface area contributed by atoms with Crippen molar-refractivity contribution in [3.8, 4) is 22.9 Å². The van der Waals surface area contributed by atoms with Crippen molar-refractivity contribution in [1.29, 1.82) is 0 Å². The lowest BCUT2D eigenvalue weighted by molar-refractivity contribution is 0.573. The average molecular weight is 311 g/mol. The second-order valence-electron chi connectivity index (χ2n) is 4.85. The SMILES string of the molecule is ClCc1coc(-c2ccc3oc(-c4ccccc4)nc3c2)n1. The molecule has 0 aliphatic rings. The van der Waals surface area contributed by atoms with Crippen LogP contribution in [0.3, 0.4) is 0 Å². The molecule has 4 rings (SSSR count). The summed E-state index contributed by atoms with van der Waals surface area (Å²) in [4.78, 5) is 8.85. The Bertz CT molecular complexity index is 928. The first-order valence-electron chi connectivity index (χ1n) is 6.80. The van der Waals surface area contributed by atoms with Crippen molar-refractivity contribution >= 4 is 22.7 Å². The maximum Gasteiger partial charge on any atom is 0.227 e. The van der Waals surface area contributed by atoms with E-state index in [1.807, 2.05) is 48.5 Å². The minimum Gasteiger partial charge on any atom is -0.444 e. The van der Waals surface area contributed by atoms with Crippen molar-refractivity contribution in [2.24, 2.45) is 0 Å². The molecule has 0 bridgehead atoms. The number of benzene rings is 2. The Morgan fingerprint density at radius 2 is 1.77 bits per heavy atom.